The van der Waals surface area contributed by atoms with Gasteiger partial charge in [-0.15, -0.1) is 0 Å². The minimum atomic E-state index is -0.255. The van der Waals surface area contributed by atoms with Crippen molar-refractivity contribution in [2.45, 2.75) is 25.3 Å². The maximum Gasteiger partial charge on any atom is 0.261 e. The first kappa shape index (κ1) is 17.6. The largest absolute Gasteiger partial charge is 0.324 e. The number of benzene rings is 2. The molecule has 0 saturated heterocycles. The number of nitrogens with one attached hydrogen (secondary N) is 1. The number of amides is 3. The van der Waals surface area contributed by atoms with Crippen LogP contribution in [0.5, 0.6) is 0 Å². The van der Waals surface area contributed by atoms with Crippen LogP contribution in [0.15, 0.2) is 60.8 Å². The number of fused-ring (bicyclic) bond motifs is 2. The molecule has 0 unspecified atom stereocenters. The van der Waals surface area contributed by atoms with Gasteiger partial charge in [-0.3, -0.25) is 24.3 Å². The van der Waals surface area contributed by atoms with Gasteiger partial charge in [0.05, 0.1) is 22.3 Å². The van der Waals surface area contributed by atoms with Crippen LogP contribution in [-0.2, 0) is 4.79 Å². The molecule has 2 aliphatic rings. The Hall–Kier alpha value is -3.54. The summed E-state index contributed by atoms with van der Waals surface area (Å²) in [6, 6.07) is 16.1. The van der Waals surface area contributed by atoms with Gasteiger partial charge < -0.3 is 5.32 Å². The lowest BCUT2D eigenvalue weighted by Gasteiger charge is -2.22. The zero-order chi connectivity index (χ0) is 20.0. The molecule has 3 aromatic rings. The lowest BCUT2D eigenvalue weighted by atomic mass is 10.1. The van der Waals surface area contributed by atoms with E-state index in [9.17, 15) is 14.4 Å². The van der Waals surface area contributed by atoms with Crippen molar-refractivity contribution in [1.29, 1.82) is 0 Å². The molecule has 0 radical (unpaired) electrons. The quantitative estimate of drug-likeness (QED) is 0.698. The number of carbonyl (C=O) groups is 3. The molecular weight excluding hydrogens is 366 g/mol. The first-order chi connectivity index (χ1) is 14.1. The average Bonchev–Trinajstić information content (AvgIpc) is 3.32. The first-order valence-electron chi connectivity index (χ1n) is 9.75. The molecule has 1 fully saturated rings. The molecule has 1 aliphatic heterocycles. The Morgan fingerprint density at radius 3 is 2.41 bits per heavy atom. The molecule has 1 N–H and O–H groups in total. The predicted molar refractivity (Wildman–Crippen MR) is 108 cm³/mol. The van der Waals surface area contributed by atoms with E-state index in [1.807, 2.05) is 30.3 Å². The fourth-order valence-electron chi connectivity index (χ4n) is 4.41. The van der Waals surface area contributed by atoms with Gasteiger partial charge in [0.2, 0.25) is 5.91 Å². The maximum atomic E-state index is 12.9. The number of pyridine rings is 1. The highest BCUT2D eigenvalue weighted by Crippen LogP contribution is 2.35. The molecule has 1 saturated carbocycles. The third-order valence-corrected chi connectivity index (χ3v) is 5.86. The molecule has 0 spiro atoms. The van der Waals surface area contributed by atoms with Crippen molar-refractivity contribution in [3.05, 3.63) is 71.9 Å². The van der Waals surface area contributed by atoms with Crippen molar-refractivity contribution in [3.63, 3.8) is 0 Å². The van der Waals surface area contributed by atoms with Gasteiger partial charge in [-0.25, -0.2) is 0 Å². The predicted octanol–water partition coefficient (Wildman–Crippen LogP) is 3.64. The summed E-state index contributed by atoms with van der Waals surface area (Å²) in [5.41, 5.74) is 2.33. The Balaban J connectivity index is 1.32. The standard InChI is InChI=1S/C23H19N3O3/c27-21(25-19-9-3-5-14-6-4-12-24-20(14)19)15-10-11-16(13-15)26-22(28)17-7-1-2-8-18(17)23(26)29/h1-9,12,15-16H,10-11,13H2,(H,25,27)/t15-,16+/m0/s1. The lowest BCUT2D eigenvalue weighted by Crippen LogP contribution is -2.38. The van der Waals surface area contributed by atoms with Crippen LogP contribution in [0.4, 0.5) is 5.69 Å². The van der Waals surface area contributed by atoms with E-state index in [0.29, 0.717) is 36.1 Å². The summed E-state index contributed by atoms with van der Waals surface area (Å²) in [6.45, 7) is 0. The van der Waals surface area contributed by atoms with E-state index in [4.69, 9.17) is 0 Å². The molecule has 6 heteroatoms. The Kier molecular flexibility index (Phi) is 4.12. The molecule has 6 nitrogen and oxygen atoms in total. The van der Waals surface area contributed by atoms with Crippen LogP contribution in [0.25, 0.3) is 10.9 Å². The minimum absolute atomic E-state index is 0.0951. The number of hydrogen-bond donors (Lipinski definition) is 1. The molecular formula is C23H19N3O3. The minimum Gasteiger partial charge on any atom is -0.324 e. The first-order valence-corrected chi connectivity index (χ1v) is 9.75. The lowest BCUT2D eigenvalue weighted by molar-refractivity contribution is -0.119. The Bertz CT molecular complexity index is 1120. The Morgan fingerprint density at radius 2 is 1.66 bits per heavy atom. The highest BCUT2D eigenvalue weighted by Gasteiger charge is 2.43. The fourth-order valence-corrected chi connectivity index (χ4v) is 4.41. The molecule has 1 aliphatic carbocycles. The number of imide groups is 1. The van der Waals surface area contributed by atoms with E-state index < -0.39 is 0 Å². The number of hydrogen-bond acceptors (Lipinski definition) is 4. The van der Waals surface area contributed by atoms with Gasteiger partial charge in [0.25, 0.3) is 11.8 Å². The molecule has 3 amide bonds. The Morgan fingerprint density at radius 1 is 0.931 bits per heavy atom. The summed E-state index contributed by atoms with van der Waals surface area (Å²) in [4.78, 5) is 44.0. The van der Waals surface area contributed by atoms with Crippen molar-refractivity contribution in [3.8, 4) is 0 Å². The van der Waals surface area contributed by atoms with E-state index >= 15 is 0 Å². The monoisotopic (exact) mass is 385 g/mol. The van der Waals surface area contributed by atoms with Crippen LogP contribution < -0.4 is 5.32 Å². The van der Waals surface area contributed by atoms with Crippen LogP contribution in [-0.4, -0.2) is 33.6 Å². The number of rotatable bonds is 3. The summed E-state index contributed by atoms with van der Waals surface area (Å²) in [6.07, 6.45) is 3.46. The average molecular weight is 385 g/mol. The van der Waals surface area contributed by atoms with Gasteiger partial charge in [-0.05, 0) is 43.5 Å². The second-order valence-electron chi connectivity index (χ2n) is 7.56. The summed E-state index contributed by atoms with van der Waals surface area (Å²) >= 11 is 0. The van der Waals surface area contributed by atoms with E-state index in [1.54, 1.807) is 30.5 Å². The normalized spacial score (nSPS) is 20.9. The Labute approximate surface area is 167 Å². The highest BCUT2D eigenvalue weighted by atomic mass is 16.2. The van der Waals surface area contributed by atoms with Gasteiger partial charge in [0, 0.05) is 23.5 Å². The maximum absolute atomic E-state index is 12.9. The smallest absolute Gasteiger partial charge is 0.261 e. The van der Waals surface area contributed by atoms with Crippen LogP contribution in [0.3, 0.4) is 0 Å². The second-order valence-corrected chi connectivity index (χ2v) is 7.56. The number of nitrogens with zero attached hydrogens (tertiary/aromatic N) is 2. The van der Waals surface area contributed by atoms with Crippen molar-refractivity contribution < 1.29 is 14.4 Å². The van der Waals surface area contributed by atoms with Gasteiger partial charge in [-0.1, -0.05) is 30.3 Å². The van der Waals surface area contributed by atoms with Crippen molar-refractivity contribution in [2.24, 2.45) is 5.92 Å². The molecule has 29 heavy (non-hydrogen) atoms. The van der Waals surface area contributed by atoms with Crippen LogP contribution in [0.2, 0.25) is 0 Å². The highest BCUT2D eigenvalue weighted by molar-refractivity contribution is 6.21. The molecule has 2 heterocycles. The molecule has 2 aromatic carbocycles. The number of anilines is 1. The summed E-state index contributed by atoms with van der Waals surface area (Å²) in [5.74, 6) is -0.852. The zero-order valence-electron chi connectivity index (χ0n) is 15.7. The van der Waals surface area contributed by atoms with Crippen LogP contribution >= 0.6 is 0 Å². The number of carbonyl (C=O) groups excluding carboxylic acids is 3. The molecule has 144 valence electrons. The van der Waals surface area contributed by atoms with Crippen molar-refractivity contribution in [1.82, 2.24) is 9.88 Å². The third-order valence-electron chi connectivity index (χ3n) is 5.86. The van der Waals surface area contributed by atoms with Crippen molar-refractivity contribution in [2.75, 3.05) is 5.32 Å². The van der Waals surface area contributed by atoms with Gasteiger partial charge >= 0.3 is 0 Å². The topological polar surface area (TPSA) is 79.4 Å². The SMILES string of the molecule is O=C(Nc1cccc2cccnc12)[C@H]1CC[C@@H](N2C(=O)c3ccccc3C2=O)C1. The van der Waals surface area contributed by atoms with E-state index in [-0.39, 0.29) is 29.7 Å². The number of para-hydroxylation sites is 1. The molecule has 0 bridgehead atoms. The number of aromatic nitrogens is 1. The fraction of sp³-hybridized carbons (Fsp3) is 0.217. The van der Waals surface area contributed by atoms with E-state index in [2.05, 4.69) is 10.3 Å². The molecule has 5 rings (SSSR count). The third kappa shape index (κ3) is 2.88. The summed E-state index contributed by atoms with van der Waals surface area (Å²) in [7, 11) is 0. The van der Waals surface area contributed by atoms with Crippen LogP contribution in [0, 0.1) is 5.92 Å². The zero-order valence-corrected chi connectivity index (χ0v) is 15.7. The van der Waals surface area contributed by atoms with Gasteiger partial charge in [0.1, 0.15) is 0 Å². The van der Waals surface area contributed by atoms with Crippen LogP contribution in [0.1, 0.15) is 40.0 Å². The second kappa shape index (κ2) is 6.81. The summed E-state index contributed by atoms with van der Waals surface area (Å²) < 4.78 is 0. The van der Waals surface area contributed by atoms with Gasteiger partial charge in [-0.2, -0.15) is 0 Å². The molecule has 2 atom stereocenters. The van der Waals surface area contributed by atoms with Gasteiger partial charge in [0.15, 0.2) is 0 Å². The summed E-state index contributed by atoms with van der Waals surface area (Å²) in [5, 5.41) is 3.95. The van der Waals surface area contributed by atoms with E-state index in [0.717, 1.165) is 10.9 Å². The van der Waals surface area contributed by atoms with Crippen molar-refractivity contribution >= 4 is 34.3 Å². The van der Waals surface area contributed by atoms with E-state index in [1.165, 1.54) is 4.90 Å². The molecule has 1 aromatic heterocycles.